The van der Waals surface area contributed by atoms with Gasteiger partial charge in [0.15, 0.2) is 6.10 Å². The first kappa shape index (κ1) is 59.6. The molecular weight excluding hydrogens is 769 g/mol. The van der Waals surface area contributed by atoms with Crippen LogP contribution in [-0.2, 0) is 28.6 Å². The zero-order valence-corrected chi connectivity index (χ0v) is 41.4. The number of allylic oxidation sites excluding steroid dienone is 6. The van der Waals surface area contributed by atoms with Gasteiger partial charge in [-0.2, -0.15) is 0 Å². The first-order chi connectivity index (χ1) is 30.5. The van der Waals surface area contributed by atoms with E-state index in [9.17, 15) is 14.4 Å². The zero-order chi connectivity index (χ0) is 45.1. The Labute approximate surface area is 385 Å². The highest BCUT2D eigenvalue weighted by atomic mass is 16.6. The van der Waals surface area contributed by atoms with Gasteiger partial charge in [-0.1, -0.05) is 224 Å². The summed E-state index contributed by atoms with van der Waals surface area (Å²) >= 11 is 0. The Balaban J connectivity index is 4.33. The Hall–Kier alpha value is -2.37. The molecular formula is C56H102O6. The van der Waals surface area contributed by atoms with Gasteiger partial charge in [-0.05, 0) is 77.0 Å². The van der Waals surface area contributed by atoms with Crippen molar-refractivity contribution in [2.24, 2.45) is 0 Å². The quantitative estimate of drug-likeness (QED) is 0.0262. The van der Waals surface area contributed by atoms with Gasteiger partial charge in [0, 0.05) is 19.3 Å². The molecule has 0 saturated heterocycles. The van der Waals surface area contributed by atoms with E-state index in [2.05, 4.69) is 57.2 Å². The van der Waals surface area contributed by atoms with Crippen LogP contribution in [0.15, 0.2) is 36.5 Å². The van der Waals surface area contributed by atoms with Crippen LogP contribution in [0.5, 0.6) is 0 Å². The van der Waals surface area contributed by atoms with E-state index in [0.717, 1.165) is 70.6 Å². The highest BCUT2D eigenvalue weighted by molar-refractivity contribution is 5.71. The maximum Gasteiger partial charge on any atom is 0.306 e. The molecule has 0 aromatic heterocycles. The second kappa shape index (κ2) is 51.3. The van der Waals surface area contributed by atoms with Crippen LogP contribution in [0.25, 0.3) is 0 Å². The van der Waals surface area contributed by atoms with Crippen LogP contribution < -0.4 is 0 Å². The number of ether oxygens (including phenoxy) is 3. The van der Waals surface area contributed by atoms with E-state index >= 15 is 0 Å². The molecule has 0 aromatic rings. The van der Waals surface area contributed by atoms with E-state index in [1.54, 1.807) is 0 Å². The average molecular weight is 871 g/mol. The SMILES string of the molecule is CCCCC/C=C\C/C=C\CCCCCCCCCC(=O)OC[C@@H](COC(=O)CCCCCCCCCCCC)OC(=O)CCCCCCCCC/C=C\CCCCCCCC. The standard InChI is InChI=1S/C56H102O6/c1-4-7-10-13-16-19-22-24-26-28-30-32-34-37-40-43-46-49-55(58)61-52-53(51-60-54(57)48-45-42-39-36-21-18-15-12-9-6-3)62-56(59)50-47-44-41-38-35-33-31-29-27-25-23-20-17-14-11-8-5-2/h16,19,24-27,53H,4-15,17-18,20-23,28-52H2,1-3H3/b19-16-,26-24-,27-25-/t53-/m1/s1. The lowest BCUT2D eigenvalue weighted by Gasteiger charge is -2.18. The lowest BCUT2D eigenvalue weighted by Crippen LogP contribution is -2.30. The molecule has 0 unspecified atom stereocenters. The van der Waals surface area contributed by atoms with Gasteiger partial charge in [0.1, 0.15) is 13.2 Å². The molecule has 0 saturated carbocycles. The smallest absolute Gasteiger partial charge is 0.306 e. The van der Waals surface area contributed by atoms with Gasteiger partial charge in [0.2, 0.25) is 0 Å². The van der Waals surface area contributed by atoms with Crippen LogP contribution in [0.1, 0.15) is 284 Å². The van der Waals surface area contributed by atoms with Crippen molar-refractivity contribution < 1.29 is 28.6 Å². The minimum atomic E-state index is -0.773. The van der Waals surface area contributed by atoms with Gasteiger partial charge in [0.05, 0.1) is 0 Å². The van der Waals surface area contributed by atoms with E-state index in [0.29, 0.717) is 19.3 Å². The Morgan fingerprint density at radius 2 is 0.581 bits per heavy atom. The van der Waals surface area contributed by atoms with Crippen molar-refractivity contribution in [1.29, 1.82) is 0 Å². The molecule has 0 N–H and O–H groups in total. The summed E-state index contributed by atoms with van der Waals surface area (Å²) in [4.78, 5) is 38.0. The first-order valence-corrected chi connectivity index (χ1v) is 27.0. The van der Waals surface area contributed by atoms with E-state index < -0.39 is 6.10 Å². The third-order valence-electron chi connectivity index (χ3n) is 11.9. The Morgan fingerprint density at radius 1 is 0.323 bits per heavy atom. The van der Waals surface area contributed by atoms with Gasteiger partial charge in [-0.15, -0.1) is 0 Å². The summed E-state index contributed by atoms with van der Waals surface area (Å²) in [5, 5.41) is 0. The van der Waals surface area contributed by atoms with Crippen molar-refractivity contribution in [2.75, 3.05) is 13.2 Å². The maximum absolute atomic E-state index is 12.8. The van der Waals surface area contributed by atoms with Crippen LogP contribution in [-0.4, -0.2) is 37.2 Å². The Morgan fingerprint density at radius 3 is 0.935 bits per heavy atom. The van der Waals surface area contributed by atoms with E-state index in [-0.39, 0.29) is 31.1 Å². The molecule has 362 valence electrons. The fraction of sp³-hybridized carbons (Fsp3) is 0.839. The molecule has 1 atom stereocenters. The molecule has 0 amide bonds. The van der Waals surface area contributed by atoms with Crippen LogP contribution >= 0.6 is 0 Å². The fourth-order valence-electron chi connectivity index (χ4n) is 7.76. The van der Waals surface area contributed by atoms with Crippen molar-refractivity contribution in [3.63, 3.8) is 0 Å². The second-order valence-electron chi connectivity index (χ2n) is 18.1. The third-order valence-corrected chi connectivity index (χ3v) is 11.9. The van der Waals surface area contributed by atoms with E-state index in [1.165, 1.54) is 173 Å². The molecule has 0 aliphatic rings. The lowest BCUT2D eigenvalue weighted by molar-refractivity contribution is -0.167. The van der Waals surface area contributed by atoms with Crippen molar-refractivity contribution >= 4 is 17.9 Å². The summed E-state index contributed by atoms with van der Waals surface area (Å²) in [6.07, 6.45) is 59.8. The second-order valence-corrected chi connectivity index (χ2v) is 18.1. The molecule has 0 bridgehead atoms. The molecule has 0 aliphatic heterocycles. The normalized spacial score (nSPS) is 12.2. The molecule has 0 heterocycles. The van der Waals surface area contributed by atoms with Gasteiger partial charge in [0.25, 0.3) is 0 Å². The molecule has 0 aromatic carbocycles. The summed E-state index contributed by atoms with van der Waals surface area (Å²) in [6.45, 7) is 6.61. The minimum absolute atomic E-state index is 0.0736. The van der Waals surface area contributed by atoms with Crippen molar-refractivity contribution in [3.8, 4) is 0 Å². The van der Waals surface area contributed by atoms with Crippen molar-refractivity contribution in [3.05, 3.63) is 36.5 Å². The highest BCUT2D eigenvalue weighted by Crippen LogP contribution is 2.15. The van der Waals surface area contributed by atoms with Crippen LogP contribution in [0.3, 0.4) is 0 Å². The van der Waals surface area contributed by atoms with Gasteiger partial charge >= 0.3 is 17.9 Å². The monoisotopic (exact) mass is 871 g/mol. The zero-order valence-electron chi connectivity index (χ0n) is 41.4. The van der Waals surface area contributed by atoms with Gasteiger partial charge in [-0.3, -0.25) is 14.4 Å². The molecule has 0 rings (SSSR count). The van der Waals surface area contributed by atoms with Crippen molar-refractivity contribution in [1.82, 2.24) is 0 Å². The van der Waals surface area contributed by atoms with Crippen LogP contribution in [0.2, 0.25) is 0 Å². The van der Waals surface area contributed by atoms with Gasteiger partial charge in [-0.25, -0.2) is 0 Å². The molecule has 0 fully saturated rings. The number of hydrogen-bond donors (Lipinski definition) is 0. The number of unbranched alkanes of at least 4 members (excludes halogenated alkanes) is 32. The molecule has 0 radical (unpaired) electrons. The van der Waals surface area contributed by atoms with Crippen molar-refractivity contribution in [2.45, 2.75) is 290 Å². The molecule has 62 heavy (non-hydrogen) atoms. The number of carbonyl (C=O) groups excluding carboxylic acids is 3. The Bertz CT molecular complexity index is 1050. The lowest BCUT2D eigenvalue weighted by atomic mass is 10.1. The van der Waals surface area contributed by atoms with Gasteiger partial charge < -0.3 is 14.2 Å². The number of rotatable bonds is 49. The summed E-state index contributed by atoms with van der Waals surface area (Å²) in [5.74, 6) is -0.876. The highest BCUT2D eigenvalue weighted by Gasteiger charge is 2.19. The summed E-state index contributed by atoms with van der Waals surface area (Å²) < 4.78 is 16.8. The predicted octanol–water partition coefficient (Wildman–Crippen LogP) is 17.7. The van der Waals surface area contributed by atoms with E-state index in [4.69, 9.17) is 14.2 Å². The largest absolute Gasteiger partial charge is 0.462 e. The maximum atomic E-state index is 12.8. The molecule has 6 nitrogen and oxygen atoms in total. The number of esters is 3. The summed E-state index contributed by atoms with van der Waals surface area (Å²) in [6, 6.07) is 0. The summed E-state index contributed by atoms with van der Waals surface area (Å²) in [5.41, 5.74) is 0. The first-order valence-electron chi connectivity index (χ1n) is 27.0. The summed E-state index contributed by atoms with van der Waals surface area (Å²) in [7, 11) is 0. The predicted molar refractivity (Wildman–Crippen MR) is 266 cm³/mol. The van der Waals surface area contributed by atoms with E-state index in [1.807, 2.05) is 0 Å². The fourth-order valence-corrected chi connectivity index (χ4v) is 7.76. The molecule has 6 heteroatoms. The topological polar surface area (TPSA) is 78.9 Å². The third kappa shape index (κ3) is 48.7. The average Bonchev–Trinajstić information content (AvgIpc) is 3.27. The molecule has 0 spiro atoms. The Kier molecular flexibility index (Phi) is 49.3. The number of hydrogen-bond acceptors (Lipinski definition) is 6. The minimum Gasteiger partial charge on any atom is -0.462 e. The van der Waals surface area contributed by atoms with Crippen LogP contribution in [0.4, 0.5) is 0 Å². The number of carbonyl (C=O) groups is 3. The van der Waals surface area contributed by atoms with Crippen LogP contribution in [0, 0.1) is 0 Å². The molecule has 0 aliphatic carbocycles.